The molecule has 0 saturated carbocycles. The number of halogens is 1. The molecule has 18 heavy (non-hydrogen) atoms. The zero-order chi connectivity index (χ0) is 13.0. The van der Waals surface area contributed by atoms with E-state index in [1.807, 2.05) is 23.7 Å². The minimum Gasteiger partial charge on any atom is -0.448 e. The van der Waals surface area contributed by atoms with Crippen molar-refractivity contribution < 1.29 is 9.53 Å². The molecule has 2 aromatic rings. The van der Waals surface area contributed by atoms with E-state index in [2.05, 4.69) is 4.99 Å². The average Bonchev–Trinajstić information content (AvgIpc) is 2.77. The van der Waals surface area contributed by atoms with Crippen LogP contribution in [0.5, 0.6) is 0 Å². The number of ether oxygens (including phenoxy) is 1. The summed E-state index contributed by atoms with van der Waals surface area (Å²) in [4.78, 5) is 15.8. The van der Waals surface area contributed by atoms with Gasteiger partial charge in [-0.1, -0.05) is 17.7 Å². The zero-order valence-electron chi connectivity index (χ0n) is 9.67. The molecular formula is C12H11ClN2O2S. The Hall–Kier alpha value is -1.59. The Labute approximate surface area is 113 Å². The van der Waals surface area contributed by atoms with E-state index in [1.54, 1.807) is 23.6 Å². The maximum absolute atomic E-state index is 11.3. The third kappa shape index (κ3) is 3.00. The fourth-order valence-corrected chi connectivity index (χ4v) is 2.31. The molecule has 1 aromatic heterocycles. The fraction of sp³-hybridized carbons (Fsp3) is 0.167. The highest BCUT2D eigenvalue weighted by Gasteiger charge is 2.03. The van der Waals surface area contributed by atoms with Gasteiger partial charge in [0.05, 0.1) is 6.61 Å². The zero-order valence-corrected chi connectivity index (χ0v) is 11.2. The molecule has 6 heteroatoms. The second-order valence-corrected chi connectivity index (χ2v) is 4.66. The van der Waals surface area contributed by atoms with E-state index in [9.17, 15) is 4.79 Å². The first-order valence-corrected chi connectivity index (χ1v) is 6.60. The lowest BCUT2D eigenvalue weighted by molar-refractivity contribution is 0.162. The predicted octanol–water partition coefficient (Wildman–Crippen LogP) is 3.25. The van der Waals surface area contributed by atoms with E-state index < -0.39 is 6.09 Å². The fourth-order valence-electron chi connectivity index (χ4n) is 1.41. The van der Waals surface area contributed by atoms with E-state index in [4.69, 9.17) is 16.3 Å². The Bertz CT molecular complexity index is 618. The first-order valence-electron chi connectivity index (χ1n) is 5.34. The summed E-state index contributed by atoms with van der Waals surface area (Å²) in [6.07, 6.45) is 1.24. The van der Waals surface area contributed by atoms with Gasteiger partial charge in [-0.2, -0.15) is 0 Å². The van der Waals surface area contributed by atoms with Crippen LogP contribution in [0.15, 0.2) is 40.8 Å². The number of hydrogen-bond acceptors (Lipinski definition) is 3. The normalized spacial score (nSPS) is 11.6. The Kier molecular flexibility index (Phi) is 4.17. The van der Waals surface area contributed by atoms with Crippen LogP contribution >= 0.6 is 22.9 Å². The van der Waals surface area contributed by atoms with Crippen molar-refractivity contribution in [3.8, 4) is 5.69 Å². The number of thiazole rings is 1. The van der Waals surface area contributed by atoms with E-state index in [0.717, 1.165) is 5.69 Å². The van der Waals surface area contributed by atoms with Crippen LogP contribution in [0.4, 0.5) is 4.79 Å². The van der Waals surface area contributed by atoms with Crippen molar-refractivity contribution in [3.05, 3.63) is 45.7 Å². The number of carbonyl (C=O) groups is 1. The Morgan fingerprint density at radius 2 is 2.39 bits per heavy atom. The number of aromatic nitrogens is 1. The highest BCUT2D eigenvalue weighted by atomic mass is 35.5. The molecule has 1 aromatic carbocycles. The van der Waals surface area contributed by atoms with Crippen molar-refractivity contribution in [3.63, 3.8) is 0 Å². The summed E-state index contributed by atoms with van der Waals surface area (Å²) in [5.41, 5.74) is 0.854. The number of carbonyl (C=O) groups excluding carboxylic acids is 1. The summed E-state index contributed by atoms with van der Waals surface area (Å²) >= 11 is 7.29. The van der Waals surface area contributed by atoms with Gasteiger partial charge in [-0.05, 0) is 25.1 Å². The van der Waals surface area contributed by atoms with E-state index >= 15 is 0 Å². The van der Waals surface area contributed by atoms with Gasteiger partial charge < -0.3 is 4.74 Å². The lowest BCUT2D eigenvalue weighted by Gasteiger charge is -2.02. The number of amides is 1. The van der Waals surface area contributed by atoms with Gasteiger partial charge in [0.2, 0.25) is 4.80 Å². The van der Waals surface area contributed by atoms with Gasteiger partial charge in [-0.15, -0.1) is 16.3 Å². The van der Waals surface area contributed by atoms with Crippen molar-refractivity contribution in [1.29, 1.82) is 0 Å². The van der Waals surface area contributed by atoms with Crippen LogP contribution in [-0.4, -0.2) is 17.3 Å². The van der Waals surface area contributed by atoms with Gasteiger partial charge in [0.1, 0.15) is 0 Å². The van der Waals surface area contributed by atoms with Gasteiger partial charge in [0.25, 0.3) is 0 Å². The first-order chi connectivity index (χ1) is 8.70. The second-order valence-electron chi connectivity index (χ2n) is 3.35. The smallest absolute Gasteiger partial charge is 0.436 e. The topological polar surface area (TPSA) is 43.6 Å². The van der Waals surface area contributed by atoms with E-state index in [0.29, 0.717) is 16.4 Å². The summed E-state index contributed by atoms with van der Waals surface area (Å²) in [5.74, 6) is 0. The van der Waals surface area contributed by atoms with Gasteiger partial charge in [0.15, 0.2) is 0 Å². The number of hydrogen-bond donors (Lipinski definition) is 0. The van der Waals surface area contributed by atoms with Crippen LogP contribution in [0.3, 0.4) is 0 Å². The summed E-state index contributed by atoms with van der Waals surface area (Å²) in [6.45, 7) is 2.05. The molecule has 0 N–H and O–H groups in total. The summed E-state index contributed by atoms with van der Waals surface area (Å²) in [6, 6.07) is 7.33. The molecule has 0 atom stereocenters. The average molecular weight is 283 g/mol. The van der Waals surface area contributed by atoms with Crippen LogP contribution in [0.1, 0.15) is 6.92 Å². The minimum absolute atomic E-state index is 0.310. The van der Waals surface area contributed by atoms with Crippen LogP contribution in [0, 0.1) is 0 Å². The Balaban J connectivity index is 2.42. The molecule has 0 saturated heterocycles. The quantitative estimate of drug-likeness (QED) is 0.849. The van der Waals surface area contributed by atoms with E-state index in [-0.39, 0.29) is 0 Å². The molecule has 0 fully saturated rings. The van der Waals surface area contributed by atoms with Gasteiger partial charge in [0, 0.05) is 22.3 Å². The maximum Gasteiger partial charge on any atom is 0.436 e. The summed E-state index contributed by atoms with van der Waals surface area (Å²) in [7, 11) is 0. The van der Waals surface area contributed by atoms with Gasteiger partial charge in [-0.25, -0.2) is 4.79 Å². The van der Waals surface area contributed by atoms with Crippen molar-refractivity contribution in [1.82, 2.24) is 4.57 Å². The molecule has 4 nitrogen and oxygen atoms in total. The number of rotatable bonds is 2. The third-order valence-corrected chi connectivity index (χ3v) is 3.12. The molecule has 0 aliphatic heterocycles. The minimum atomic E-state index is -0.587. The predicted molar refractivity (Wildman–Crippen MR) is 71.2 cm³/mol. The molecule has 0 radical (unpaired) electrons. The van der Waals surface area contributed by atoms with Crippen molar-refractivity contribution in [2.45, 2.75) is 6.92 Å². The van der Waals surface area contributed by atoms with Gasteiger partial charge in [-0.3, -0.25) is 4.57 Å². The molecule has 94 valence electrons. The summed E-state index contributed by atoms with van der Waals surface area (Å²) in [5, 5.41) is 2.48. The molecule has 1 amide bonds. The van der Waals surface area contributed by atoms with Crippen LogP contribution in [-0.2, 0) is 4.74 Å². The third-order valence-electron chi connectivity index (χ3n) is 2.13. The molecule has 0 bridgehead atoms. The highest BCUT2D eigenvalue weighted by molar-refractivity contribution is 7.07. The lowest BCUT2D eigenvalue weighted by Crippen LogP contribution is -2.15. The maximum atomic E-state index is 11.3. The van der Waals surface area contributed by atoms with Crippen LogP contribution < -0.4 is 4.80 Å². The molecule has 0 unspecified atom stereocenters. The largest absolute Gasteiger partial charge is 0.448 e. The molecule has 1 heterocycles. The van der Waals surface area contributed by atoms with E-state index in [1.165, 1.54) is 11.3 Å². The van der Waals surface area contributed by atoms with Gasteiger partial charge >= 0.3 is 6.09 Å². The molecule has 0 spiro atoms. The Morgan fingerprint density at radius 3 is 3.11 bits per heavy atom. The summed E-state index contributed by atoms with van der Waals surface area (Å²) < 4.78 is 6.58. The van der Waals surface area contributed by atoms with Crippen molar-refractivity contribution in [2.24, 2.45) is 4.99 Å². The number of nitrogens with zero attached hydrogens (tertiary/aromatic N) is 2. The van der Waals surface area contributed by atoms with Crippen molar-refractivity contribution >= 4 is 29.0 Å². The standard InChI is InChI=1S/C12H11ClN2O2S/c1-2-17-12(16)14-11-15(6-7-18-11)10-5-3-4-9(13)8-10/h3-8H,2H2,1H3/b14-11-. The molecule has 0 aliphatic rings. The first kappa shape index (κ1) is 12.9. The Morgan fingerprint density at radius 1 is 1.56 bits per heavy atom. The van der Waals surface area contributed by atoms with Crippen molar-refractivity contribution in [2.75, 3.05) is 6.61 Å². The lowest BCUT2D eigenvalue weighted by atomic mass is 10.3. The molecule has 0 aliphatic carbocycles. The molecule has 2 rings (SSSR count). The van der Waals surface area contributed by atoms with Crippen LogP contribution in [0.2, 0.25) is 5.02 Å². The molecular weight excluding hydrogens is 272 g/mol. The highest BCUT2D eigenvalue weighted by Crippen LogP contribution is 2.13. The number of benzene rings is 1. The monoisotopic (exact) mass is 282 g/mol. The second kappa shape index (κ2) is 5.84. The van der Waals surface area contributed by atoms with Crippen LogP contribution in [0.25, 0.3) is 5.69 Å². The SMILES string of the molecule is CCOC(=O)/N=c1\sccn1-c1cccc(Cl)c1.